The lowest BCUT2D eigenvalue weighted by Gasteiger charge is -2.29. The van der Waals surface area contributed by atoms with Crippen molar-refractivity contribution < 1.29 is 19.0 Å². The van der Waals surface area contributed by atoms with E-state index < -0.39 is 12.1 Å². The molecule has 0 spiro atoms. The smallest absolute Gasteiger partial charge is 0.335 e. The van der Waals surface area contributed by atoms with Crippen LogP contribution < -0.4 is 4.74 Å². The van der Waals surface area contributed by atoms with E-state index in [0.717, 1.165) is 77.9 Å². The van der Waals surface area contributed by atoms with Gasteiger partial charge in [0.2, 0.25) is 0 Å². The fraction of sp³-hybridized carbons (Fsp3) is 0.444. The second kappa shape index (κ2) is 8.82. The summed E-state index contributed by atoms with van der Waals surface area (Å²) in [7, 11) is 2.09. The number of rotatable bonds is 4. The zero-order valence-electron chi connectivity index (χ0n) is 19.3. The largest absolute Gasteiger partial charge is 0.494 e. The van der Waals surface area contributed by atoms with Crippen LogP contribution in [0.5, 0.6) is 5.75 Å². The molecule has 5 nitrogen and oxygen atoms in total. The van der Waals surface area contributed by atoms with Crippen LogP contribution in [0.1, 0.15) is 60.0 Å². The van der Waals surface area contributed by atoms with E-state index in [1.165, 1.54) is 0 Å². The van der Waals surface area contributed by atoms with Crippen molar-refractivity contribution in [2.45, 2.75) is 57.8 Å². The van der Waals surface area contributed by atoms with Gasteiger partial charge in [-0.05, 0) is 68.3 Å². The Labute approximate surface area is 193 Å². The van der Waals surface area contributed by atoms with Crippen molar-refractivity contribution in [3.63, 3.8) is 0 Å². The van der Waals surface area contributed by atoms with E-state index in [1.54, 1.807) is 12.1 Å². The third-order valence-corrected chi connectivity index (χ3v) is 7.19. The van der Waals surface area contributed by atoms with Gasteiger partial charge >= 0.3 is 5.97 Å². The average Bonchev–Trinajstić information content (AvgIpc) is 3.10. The molecule has 0 unspecified atom stereocenters. The monoisotopic (exact) mass is 450 g/mol. The molecular weight excluding hydrogens is 419 g/mol. The molecule has 1 aromatic heterocycles. The molecule has 2 heterocycles. The summed E-state index contributed by atoms with van der Waals surface area (Å²) in [6.07, 6.45) is 2.47. The van der Waals surface area contributed by atoms with Crippen LogP contribution in [0, 0.1) is 0 Å². The summed E-state index contributed by atoms with van der Waals surface area (Å²) in [6, 6.07) is 11.5. The Hall–Kier alpha value is -2.86. The molecule has 1 aliphatic heterocycles. The molecule has 1 fully saturated rings. The summed E-state index contributed by atoms with van der Waals surface area (Å²) in [5.41, 5.74) is 5.48. The Morgan fingerprint density at radius 3 is 2.73 bits per heavy atom. The number of carboxylic acids is 1. The van der Waals surface area contributed by atoms with Crippen molar-refractivity contribution in [3.8, 4) is 17.0 Å². The number of hydrogen-bond donors (Lipinski definition) is 1. The molecule has 1 aliphatic carbocycles. The normalized spacial score (nSPS) is 21.2. The number of likely N-dealkylation sites (N-methyl/N-ethyl adjacent to an activating group) is 1. The lowest BCUT2D eigenvalue weighted by Crippen LogP contribution is -2.26. The van der Waals surface area contributed by atoms with Gasteiger partial charge < -0.3 is 19.3 Å². The van der Waals surface area contributed by atoms with E-state index in [0.29, 0.717) is 13.0 Å². The number of aromatic carboxylic acids is 1. The average molecular weight is 451 g/mol. The number of carboxylic acid groups (broad SMARTS) is 1. The Bertz CT molecular complexity index is 1200. The van der Waals surface area contributed by atoms with Gasteiger partial charge in [0, 0.05) is 42.0 Å². The second-order valence-electron chi connectivity index (χ2n) is 9.35. The highest BCUT2D eigenvalue weighted by molar-refractivity contribution is 5.98. The molecule has 0 amide bonds. The first-order chi connectivity index (χ1) is 16.0. The van der Waals surface area contributed by atoms with Crippen molar-refractivity contribution in [1.29, 1.82) is 0 Å². The lowest BCUT2D eigenvalue weighted by molar-refractivity contribution is 0.0697. The first-order valence-corrected chi connectivity index (χ1v) is 12.0. The molecular formula is C27H31FN2O3. The van der Waals surface area contributed by atoms with Gasteiger partial charge in [0.1, 0.15) is 11.9 Å². The van der Waals surface area contributed by atoms with Crippen molar-refractivity contribution >= 4 is 16.9 Å². The molecule has 2 atom stereocenters. The van der Waals surface area contributed by atoms with Crippen molar-refractivity contribution in [1.82, 2.24) is 9.47 Å². The summed E-state index contributed by atoms with van der Waals surface area (Å²) in [4.78, 5) is 14.0. The molecule has 0 radical (unpaired) electrons. The molecule has 3 aromatic rings. The van der Waals surface area contributed by atoms with E-state index >= 15 is 4.39 Å². The predicted octanol–water partition coefficient (Wildman–Crippen LogP) is 5.85. The van der Waals surface area contributed by atoms with Gasteiger partial charge in [0.05, 0.1) is 17.9 Å². The van der Waals surface area contributed by atoms with Crippen LogP contribution >= 0.6 is 0 Å². The summed E-state index contributed by atoms with van der Waals surface area (Å²) >= 11 is 0. The highest BCUT2D eigenvalue weighted by Gasteiger charge is 2.34. The van der Waals surface area contributed by atoms with Crippen LogP contribution in [0.25, 0.3) is 22.2 Å². The minimum absolute atomic E-state index is 0.176. The molecule has 174 valence electrons. The highest BCUT2D eigenvalue weighted by Crippen LogP contribution is 2.47. The lowest BCUT2D eigenvalue weighted by atomic mass is 9.80. The maximum Gasteiger partial charge on any atom is 0.335 e. The van der Waals surface area contributed by atoms with E-state index in [4.69, 9.17) is 4.74 Å². The van der Waals surface area contributed by atoms with Crippen LogP contribution in [0.4, 0.5) is 4.39 Å². The minimum Gasteiger partial charge on any atom is -0.494 e. The molecule has 2 aliphatic rings. The molecule has 1 N–H and O–H groups in total. The number of hydrogen-bond acceptors (Lipinski definition) is 3. The predicted molar refractivity (Wildman–Crippen MR) is 128 cm³/mol. The number of nitrogens with zero attached hydrogens (tertiary/aromatic N) is 2. The van der Waals surface area contributed by atoms with Gasteiger partial charge in [0.15, 0.2) is 0 Å². The van der Waals surface area contributed by atoms with Gasteiger partial charge in [-0.25, -0.2) is 9.18 Å². The maximum atomic E-state index is 15.4. The molecule has 33 heavy (non-hydrogen) atoms. The topological polar surface area (TPSA) is 54.7 Å². The molecule has 2 aromatic carbocycles. The Morgan fingerprint density at radius 2 is 1.97 bits per heavy atom. The number of benzene rings is 2. The summed E-state index contributed by atoms with van der Waals surface area (Å²) < 4.78 is 23.4. The standard InChI is InChI=1S/C27H31FN2O3/c1-3-33-19-9-11-20-18(14-19)16-29(2)12-13-30-24-15-17(27(31)32)8-10-22(24)25(26(20)30)21-6-4-5-7-23(21)28/h8-11,14-15,21,23H,3-7,12-13,16H2,1-2H3,(H,31,32)/t21-,23-/m1/s1. The summed E-state index contributed by atoms with van der Waals surface area (Å²) in [5, 5.41) is 10.6. The second-order valence-corrected chi connectivity index (χ2v) is 9.35. The van der Waals surface area contributed by atoms with Crippen molar-refractivity contribution in [3.05, 3.63) is 53.1 Å². The number of carbonyl (C=O) groups is 1. The molecule has 0 saturated heterocycles. The zero-order chi connectivity index (χ0) is 23.1. The number of alkyl halides is 1. The quantitative estimate of drug-likeness (QED) is 0.542. The summed E-state index contributed by atoms with van der Waals surface area (Å²) in [5.74, 6) is -0.284. The first kappa shape index (κ1) is 22.0. The van der Waals surface area contributed by atoms with Gasteiger partial charge in [-0.2, -0.15) is 0 Å². The number of fused-ring (bicyclic) bond motifs is 5. The Kier molecular flexibility index (Phi) is 5.87. The molecule has 1 saturated carbocycles. The third kappa shape index (κ3) is 3.90. The maximum absolute atomic E-state index is 15.4. The molecule has 0 bridgehead atoms. The minimum atomic E-state index is -0.945. The zero-order valence-corrected chi connectivity index (χ0v) is 19.3. The van der Waals surface area contributed by atoms with E-state index in [2.05, 4.69) is 28.6 Å². The van der Waals surface area contributed by atoms with Gasteiger partial charge in [-0.3, -0.25) is 0 Å². The summed E-state index contributed by atoms with van der Waals surface area (Å²) in [6.45, 7) is 4.89. The molecule has 5 rings (SSSR count). The van der Waals surface area contributed by atoms with E-state index in [1.807, 2.05) is 19.1 Å². The Morgan fingerprint density at radius 1 is 1.15 bits per heavy atom. The van der Waals surface area contributed by atoms with Crippen LogP contribution in [0.15, 0.2) is 36.4 Å². The van der Waals surface area contributed by atoms with Crippen molar-refractivity contribution in [2.75, 3.05) is 20.2 Å². The Balaban J connectivity index is 1.82. The van der Waals surface area contributed by atoms with Crippen molar-refractivity contribution in [2.24, 2.45) is 0 Å². The van der Waals surface area contributed by atoms with Crippen LogP contribution in [0.3, 0.4) is 0 Å². The molecule has 6 heteroatoms. The van der Waals surface area contributed by atoms with Gasteiger partial charge in [-0.1, -0.05) is 18.9 Å². The first-order valence-electron chi connectivity index (χ1n) is 12.0. The van der Waals surface area contributed by atoms with Crippen LogP contribution in [-0.2, 0) is 13.1 Å². The SMILES string of the molecule is CCOc1ccc2c(c1)CN(C)CCn1c-2c([C@@H]2CCCC[C@H]2F)c2ccc(C(=O)O)cc21. The van der Waals surface area contributed by atoms with Crippen LogP contribution in [0.2, 0.25) is 0 Å². The van der Waals surface area contributed by atoms with Crippen LogP contribution in [-0.4, -0.2) is 46.9 Å². The highest BCUT2D eigenvalue weighted by atomic mass is 19.1. The number of ether oxygens (including phenoxy) is 1. The fourth-order valence-electron chi connectivity index (χ4n) is 5.65. The fourth-order valence-corrected chi connectivity index (χ4v) is 5.65. The van der Waals surface area contributed by atoms with E-state index in [9.17, 15) is 9.90 Å². The van der Waals surface area contributed by atoms with E-state index in [-0.39, 0.29) is 11.5 Å². The number of aromatic nitrogens is 1. The number of halogens is 1. The third-order valence-electron chi connectivity index (χ3n) is 7.19. The van der Waals surface area contributed by atoms with Gasteiger partial charge in [0.25, 0.3) is 0 Å². The van der Waals surface area contributed by atoms with Gasteiger partial charge in [-0.15, -0.1) is 0 Å².